The first-order chi connectivity index (χ1) is 9.69. The lowest BCUT2D eigenvalue weighted by atomic mass is 9.90. The lowest BCUT2D eigenvalue weighted by Crippen LogP contribution is -2.38. The SMILES string of the molecule is CCC(CC)n1ccc(CC(NC)C2CCOC2C)n1. The van der Waals surface area contributed by atoms with Gasteiger partial charge in [-0.2, -0.15) is 5.10 Å². The van der Waals surface area contributed by atoms with Crippen molar-refractivity contribution in [2.24, 2.45) is 5.92 Å². The third kappa shape index (κ3) is 3.41. The van der Waals surface area contributed by atoms with Crippen molar-refractivity contribution in [2.75, 3.05) is 13.7 Å². The molecule has 2 rings (SSSR count). The monoisotopic (exact) mass is 279 g/mol. The van der Waals surface area contributed by atoms with E-state index in [0.717, 1.165) is 32.3 Å². The van der Waals surface area contributed by atoms with Gasteiger partial charge in [0.05, 0.1) is 17.8 Å². The van der Waals surface area contributed by atoms with Gasteiger partial charge in [0, 0.05) is 31.2 Å². The molecule has 0 aromatic carbocycles. The van der Waals surface area contributed by atoms with Gasteiger partial charge in [0.25, 0.3) is 0 Å². The van der Waals surface area contributed by atoms with Crippen LogP contribution < -0.4 is 5.32 Å². The summed E-state index contributed by atoms with van der Waals surface area (Å²) in [5.74, 6) is 0.596. The second-order valence-electron chi connectivity index (χ2n) is 5.89. The molecule has 4 heteroatoms. The van der Waals surface area contributed by atoms with E-state index in [-0.39, 0.29) is 0 Å². The molecule has 0 aliphatic carbocycles. The molecule has 0 spiro atoms. The van der Waals surface area contributed by atoms with Crippen LogP contribution in [0.3, 0.4) is 0 Å². The number of likely N-dealkylation sites (N-methyl/N-ethyl adjacent to an activating group) is 1. The van der Waals surface area contributed by atoms with Crippen LogP contribution in [0.1, 0.15) is 51.8 Å². The first-order valence-electron chi connectivity index (χ1n) is 8.02. The Bertz CT molecular complexity index is 400. The molecule has 1 fully saturated rings. The fourth-order valence-electron chi connectivity index (χ4n) is 3.32. The fourth-order valence-corrected chi connectivity index (χ4v) is 3.32. The summed E-state index contributed by atoms with van der Waals surface area (Å²) in [4.78, 5) is 0. The van der Waals surface area contributed by atoms with Gasteiger partial charge in [-0.25, -0.2) is 0 Å². The zero-order chi connectivity index (χ0) is 14.5. The van der Waals surface area contributed by atoms with E-state index in [2.05, 4.69) is 43.0 Å². The maximum atomic E-state index is 5.70. The van der Waals surface area contributed by atoms with Crippen molar-refractivity contribution in [3.63, 3.8) is 0 Å². The van der Waals surface area contributed by atoms with E-state index in [9.17, 15) is 0 Å². The molecule has 0 bridgehead atoms. The number of aromatic nitrogens is 2. The molecule has 1 aliphatic rings. The van der Waals surface area contributed by atoms with E-state index in [1.54, 1.807) is 0 Å². The van der Waals surface area contributed by atoms with Gasteiger partial charge >= 0.3 is 0 Å². The third-order valence-electron chi connectivity index (χ3n) is 4.73. The van der Waals surface area contributed by atoms with Gasteiger partial charge in [-0.15, -0.1) is 0 Å². The summed E-state index contributed by atoms with van der Waals surface area (Å²) >= 11 is 0. The van der Waals surface area contributed by atoms with Crippen molar-refractivity contribution < 1.29 is 4.74 Å². The van der Waals surface area contributed by atoms with Crippen molar-refractivity contribution in [3.8, 4) is 0 Å². The molecule has 20 heavy (non-hydrogen) atoms. The van der Waals surface area contributed by atoms with Crippen LogP contribution in [0.5, 0.6) is 0 Å². The molecular formula is C16H29N3O. The lowest BCUT2D eigenvalue weighted by molar-refractivity contribution is 0.0961. The smallest absolute Gasteiger partial charge is 0.0640 e. The Morgan fingerprint density at radius 1 is 1.45 bits per heavy atom. The highest BCUT2D eigenvalue weighted by Crippen LogP contribution is 2.25. The Kier molecular flexibility index (Phi) is 5.61. The second kappa shape index (κ2) is 7.23. The standard InChI is InChI=1S/C16H29N3O/c1-5-14(6-2)19-9-7-13(18-19)11-16(17-4)15-8-10-20-12(15)3/h7,9,12,14-17H,5-6,8,10-11H2,1-4H3. The minimum Gasteiger partial charge on any atom is -0.378 e. The molecule has 1 saturated heterocycles. The number of hydrogen-bond acceptors (Lipinski definition) is 3. The van der Waals surface area contributed by atoms with Crippen LogP contribution >= 0.6 is 0 Å². The third-order valence-corrected chi connectivity index (χ3v) is 4.73. The van der Waals surface area contributed by atoms with Crippen molar-refractivity contribution in [1.29, 1.82) is 0 Å². The Morgan fingerprint density at radius 3 is 2.75 bits per heavy atom. The molecule has 1 N–H and O–H groups in total. The number of nitrogens with one attached hydrogen (secondary N) is 1. The van der Waals surface area contributed by atoms with E-state index in [0.29, 0.717) is 24.1 Å². The summed E-state index contributed by atoms with van der Waals surface area (Å²) in [5.41, 5.74) is 1.19. The van der Waals surface area contributed by atoms with E-state index in [1.807, 2.05) is 7.05 Å². The molecule has 1 aromatic rings. The van der Waals surface area contributed by atoms with Gasteiger partial charge in [0.15, 0.2) is 0 Å². The van der Waals surface area contributed by atoms with Crippen LogP contribution in [-0.4, -0.2) is 35.6 Å². The number of ether oxygens (including phenoxy) is 1. The average molecular weight is 279 g/mol. The van der Waals surface area contributed by atoms with Gasteiger partial charge in [0.2, 0.25) is 0 Å². The van der Waals surface area contributed by atoms with Gasteiger partial charge in [-0.1, -0.05) is 13.8 Å². The summed E-state index contributed by atoms with van der Waals surface area (Å²) in [7, 11) is 2.05. The number of hydrogen-bond donors (Lipinski definition) is 1. The summed E-state index contributed by atoms with van der Waals surface area (Å²) in [6.07, 6.45) is 6.91. The summed E-state index contributed by atoms with van der Waals surface area (Å²) in [5, 5.41) is 8.23. The largest absolute Gasteiger partial charge is 0.378 e. The minimum absolute atomic E-state index is 0.355. The molecule has 1 aromatic heterocycles. The highest BCUT2D eigenvalue weighted by molar-refractivity contribution is 5.04. The molecule has 2 heterocycles. The number of rotatable bonds is 7. The van der Waals surface area contributed by atoms with E-state index in [4.69, 9.17) is 9.84 Å². The summed E-state index contributed by atoms with van der Waals surface area (Å²) in [6.45, 7) is 7.53. The van der Waals surface area contributed by atoms with Crippen LogP contribution in [0.2, 0.25) is 0 Å². The quantitative estimate of drug-likeness (QED) is 0.834. The van der Waals surface area contributed by atoms with Crippen molar-refractivity contribution in [3.05, 3.63) is 18.0 Å². The van der Waals surface area contributed by atoms with Crippen LogP contribution in [0, 0.1) is 5.92 Å². The van der Waals surface area contributed by atoms with Gasteiger partial charge in [-0.3, -0.25) is 4.68 Å². The highest BCUT2D eigenvalue weighted by atomic mass is 16.5. The average Bonchev–Trinajstić information content (AvgIpc) is 3.07. The Hall–Kier alpha value is -0.870. The summed E-state index contributed by atoms with van der Waals surface area (Å²) < 4.78 is 7.83. The van der Waals surface area contributed by atoms with Crippen LogP contribution in [0.25, 0.3) is 0 Å². The fraction of sp³-hybridized carbons (Fsp3) is 0.812. The Labute approximate surface area is 122 Å². The molecule has 3 atom stereocenters. The molecule has 0 amide bonds. The molecular weight excluding hydrogens is 250 g/mol. The zero-order valence-electron chi connectivity index (χ0n) is 13.3. The van der Waals surface area contributed by atoms with Gasteiger partial charge < -0.3 is 10.1 Å². The number of nitrogens with zero attached hydrogens (tertiary/aromatic N) is 2. The predicted octanol–water partition coefficient (Wildman–Crippen LogP) is 2.80. The zero-order valence-corrected chi connectivity index (χ0v) is 13.3. The van der Waals surface area contributed by atoms with Crippen LogP contribution in [0.4, 0.5) is 0 Å². The normalized spacial score (nSPS) is 24.4. The predicted molar refractivity (Wildman–Crippen MR) is 81.9 cm³/mol. The maximum absolute atomic E-state index is 5.70. The van der Waals surface area contributed by atoms with Crippen molar-refractivity contribution in [1.82, 2.24) is 15.1 Å². The maximum Gasteiger partial charge on any atom is 0.0640 e. The van der Waals surface area contributed by atoms with Crippen LogP contribution in [-0.2, 0) is 11.2 Å². The molecule has 114 valence electrons. The minimum atomic E-state index is 0.355. The summed E-state index contributed by atoms with van der Waals surface area (Å²) in [6, 6.07) is 3.16. The Balaban J connectivity index is 2.01. The highest BCUT2D eigenvalue weighted by Gasteiger charge is 2.31. The van der Waals surface area contributed by atoms with Gasteiger partial charge in [0.1, 0.15) is 0 Å². The second-order valence-corrected chi connectivity index (χ2v) is 5.89. The topological polar surface area (TPSA) is 39.1 Å². The molecule has 1 aliphatic heterocycles. The molecule has 0 radical (unpaired) electrons. The molecule has 4 nitrogen and oxygen atoms in total. The molecule has 3 unspecified atom stereocenters. The molecule has 0 saturated carbocycles. The lowest BCUT2D eigenvalue weighted by Gasteiger charge is -2.24. The van der Waals surface area contributed by atoms with Crippen molar-refractivity contribution >= 4 is 0 Å². The van der Waals surface area contributed by atoms with E-state index >= 15 is 0 Å². The van der Waals surface area contributed by atoms with Gasteiger partial charge in [-0.05, 0) is 39.3 Å². The van der Waals surface area contributed by atoms with Crippen molar-refractivity contribution in [2.45, 2.75) is 64.6 Å². The van der Waals surface area contributed by atoms with E-state index in [1.165, 1.54) is 5.69 Å². The van der Waals surface area contributed by atoms with E-state index < -0.39 is 0 Å². The van der Waals surface area contributed by atoms with Crippen LogP contribution in [0.15, 0.2) is 12.3 Å². The first-order valence-corrected chi connectivity index (χ1v) is 8.02. The Morgan fingerprint density at radius 2 is 2.20 bits per heavy atom. The first kappa shape index (κ1) is 15.5.